The summed E-state index contributed by atoms with van der Waals surface area (Å²) >= 11 is 0. The molecule has 2 atom stereocenters. The van der Waals surface area contributed by atoms with Crippen molar-refractivity contribution in [2.24, 2.45) is 0 Å². The molecule has 0 aliphatic rings. The molecule has 5 heteroatoms. The molecule has 0 aliphatic heterocycles. The number of carboxylic acids is 1. The molecule has 0 radical (unpaired) electrons. The monoisotopic (exact) mass is 448 g/mol. The van der Waals surface area contributed by atoms with Crippen molar-refractivity contribution in [1.29, 1.82) is 0 Å². The SMILES string of the molecule is CCCCCCCCCC(OCc1ccccc1)C(CCCCCCC(=O)O)OC(C)=O. The number of ether oxygens (including phenoxy) is 2. The summed E-state index contributed by atoms with van der Waals surface area (Å²) in [5.41, 5.74) is 1.12. The molecule has 5 nitrogen and oxygen atoms in total. The minimum atomic E-state index is -0.744. The van der Waals surface area contributed by atoms with Crippen molar-refractivity contribution >= 4 is 11.9 Å². The molecule has 1 rings (SSSR count). The van der Waals surface area contributed by atoms with Gasteiger partial charge >= 0.3 is 11.9 Å². The number of aliphatic carboxylic acids is 1. The van der Waals surface area contributed by atoms with Crippen LogP contribution in [-0.2, 0) is 25.7 Å². The van der Waals surface area contributed by atoms with Gasteiger partial charge in [0.05, 0.1) is 12.7 Å². The van der Waals surface area contributed by atoms with Crippen LogP contribution in [0.25, 0.3) is 0 Å². The van der Waals surface area contributed by atoms with E-state index in [1.807, 2.05) is 30.3 Å². The zero-order valence-electron chi connectivity index (χ0n) is 20.2. The van der Waals surface area contributed by atoms with E-state index in [4.69, 9.17) is 14.6 Å². The van der Waals surface area contributed by atoms with E-state index in [-0.39, 0.29) is 24.6 Å². The molecule has 0 bridgehead atoms. The summed E-state index contributed by atoms with van der Waals surface area (Å²) in [4.78, 5) is 22.4. The quantitative estimate of drug-likeness (QED) is 0.171. The summed E-state index contributed by atoms with van der Waals surface area (Å²) in [5, 5.41) is 8.77. The highest BCUT2D eigenvalue weighted by molar-refractivity contribution is 5.66. The molecule has 0 spiro atoms. The van der Waals surface area contributed by atoms with Crippen LogP contribution in [0, 0.1) is 0 Å². The van der Waals surface area contributed by atoms with Gasteiger partial charge in [0.15, 0.2) is 0 Å². The van der Waals surface area contributed by atoms with Gasteiger partial charge in [-0.15, -0.1) is 0 Å². The Hall–Kier alpha value is -1.88. The summed E-state index contributed by atoms with van der Waals surface area (Å²) in [6.07, 6.45) is 13.6. The van der Waals surface area contributed by atoms with Crippen LogP contribution in [0.4, 0.5) is 0 Å². The van der Waals surface area contributed by atoms with E-state index in [2.05, 4.69) is 6.92 Å². The summed E-state index contributed by atoms with van der Waals surface area (Å²) in [6.45, 7) is 4.20. The molecule has 0 aromatic heterocycles. The van der Waals surface area contributed by atoms with Crippen LogP contribution < -0.4 is 0 Å². The number of hydrogen-bond donors (Lipinski definition) is 1. The summed E-state index contributed by atoms with van der Waals surface area (Å²) in [7, 11) is 0. The van der Waals surface area contributed by atoms with Crippen LogP contribution >= 0.6 is 0 Å². The topological polar surface area (TPSA) is 72.8 Å². The summed E-state index contributed by atoms with van der Waals surface area (Å²) in [6, 6.07) is 10.1. The van der Waals surface area contributed by atoms with Gasteiger partial charge < -0.3 is 14.6 Å². The molecular formula is C27H44O5. The first-order valence-corrected chi connectivity index (χ1v) is 12.6. The lowest BCUT2D eigenvalue weighted by Gasteiger charge is -2.27. The Morgan fingerprint density at radius 1 is 0.812 bits per heavy atom. The highest BCUT2D eigenvalue weighted by atomic mass is 16.6. The van der Waals surface area contributed by atoms with Crippen LogP contribution in [0.1, 0.15) is 109 Å². The molecule has 0 fully saturated rings. The fourth-order valence-electron chi connectivity index (χ4n) is 3.97. The second kappa shape index (κ2) is 18.7. The largest absolute Gasteiger partial charge is 0.481 e. The second-order valence-electron chi connectivity index (χ2n) is 8.74. The van der Waals surface area contributed by atoms with Crippen molar-refractivity contribution in [3.63, 3.8) is 0 Å². The molecule has 1 aromatic carbocycles. The van der Waals surface area contributed by atoms with Crippen LogP contribution in [-0.4, -0.2) is 29.3 Å². The van der Waals surface area contributed by atoms with Crippen LogP contribution in [0.2, 0.25) is 0 Å². The first kappa shape index (κ1) is 28.2. The number of rotatable bonds is 20. The van der Waals surface area contributed by atoms with Gasteiger partial charge in [-0.2, -0.15) is 0 Å². The number of carbonyl (C=O) groups excluding carboxylic acids is 1. The maximum atomic E-state index is 11.8. The van der Waals surface area contributed by atoms with E-state index >= 15 is 0 Å². The van der Waals surface area contributed by atoms with E-state index in [0.29, 0.717) is 13.0 Å². The first-order chi connectivity index (χ1) is 15.5. The number of hydrogen-bond acceptors (Lipinski definition) is 4. The third-order valence-corrected chi connectivity index (χ3v) is 5.76. The molecule has 0 aliphatic carbocycles. The van der Waals surface area contributed by atoms with Gasteiger partial charge in [-0.3, -0.25) is 9.59 Å². The minimum Gasteiger partial charge on any atom is -0.481 e. The van der Waals surface area contributed by atoms with E-state index in [1.165, 1.54) is 45.4 Å². The van der Waals surface area contributed by atoms with Crippen molar-refractivity contribution in [2.75, 3.05) is 0 Å². The van der Waals surface area contributed by atoms with Crippen molar-refractivity contribution in [3.8, 4) is 0 Å². The first-order valence-electron chi connectivity index (χ1n) is 12.6. The van der Waals surface area contributed by atoms with Gasteiger partial charge in [-0.05, 0) is 31.2 Å². The van der Waals surface area contributed by atoms with Gasteiger partial charge in [-0.25, -0.2) is 0 Å². The van der Waals surface area contributed by atoms with E-state index in [9.17, 15) is 9.59 Å². The molecule has 1 aromatic rings. The number of esters is 1. The molecule has 0 amide bonds. The molecule has 182 valence electrons. The fourth-order valence-corrected chi connectivity index (χ4v) is 3.97. The summed E-state index contributed by atoms with van der Waals surface area (Å²) in [5.74, 6) is -1.01. The Balaban J connectivity index is 2.57. The third kappa shape index (κ3) is 15.0. The Kier molecular flexibility index (Phi) is 16.4. The van der Waals surface area contributed by atoms with Crippen LogP contribution in [0.15, 0.2) is 30.3 Å². The molecular weight excluding hydrogens is 404 g/mol. The molecule has 1 N–H and O–H groups in total. The van der Waals surface area contributed by atoms with Crippen LogP contribution in [0.5, 0.6) is 0 Å². The lowest BCUT2D eigenvalue weighted by Crippen LogP contribution is -2.33. The maximum Gasteiger partial charge on any atom is 0.303 e. The van der Waals surface area contributed by atoms with E-state index in [1.54, 1.807) is 0 Å². The van der Waals surface area contributed by atoms with Crippen molar-refractivity contribution in [1.82, 2.24) is 0 Å². The van der Waals surface area contributed by atoms with Crippen molar-refractivity contribution < 1.29 is 24.2 Å². The summed E-state index contributed by atoms with van der Waals surface area (Å²) < 4.78 is 12.0. The molecule has 2 unspecified atom stereocenters. The second-order valence-corrected chi connectivity index (χ2v) is 8.74. The van der Waals surface area contributed by atoms with Gasteiger partial charge in [0.25, 0.3) is 0 Å². The average molecular weight is 449 g/mol. The Morgan fingerprint density at radius 3 is 1.97 bits per heavy atom. The normalized spacial score (nSPS) is 12.9. The lowest BCUT2D eigenvalue weighted by atomic mass is 9.99. The standard InChI is InChI=1S/C27H44O5/c1-3-4-5-6-7-8-14-19-25(31-22-24-17-12-11-13-18-24)26(32-23(2)28)20-15-9-10-16-21-27(29)30/h11-13,17-18,25-26H,3-10,14-16,19-22H2,1-2H3,(H,29,30). The number of unbranched alkanes of at least 4 members (excludes halogenated alkanes) is 9. The van der Waals surface area contributed by atoms with Crippen molar-refractivity contribution in [2.45, 2.75) is 123 Å². The minimum absolute atomic E-state index is 0.117. The zero-order valence-corrected chi connectivity index (χ0v) is 20.2. The lowest BCUT2D eigenvalue weighted by molar-refractivity contribution is -0.157. The zero-order chi connectivity index (χ0) is 23.4. The van der Waals surface area contributed by atoms with Gasteiger partial charge in [0.1, 0.15) is 6.10 Å². The Labute approximate surface area is 194 Å². The Morgan fingerprint density at radius 2 is 1.38 bits per heavy atom. The number of benzene rings is 1. The van der Waals surface area contributed by atoms with Crippen LogP contribution in [0.3, 0.4) is 0 Å². The maximum absolute atomic E-state index is 11.8. The van der Waals surface area contributed by atoms with Gasteiger partial charge in [0.2, 0.25) is 0 Å². The van der Waals surface area contributed by atoms with Gasteiger partial charge in [0, 0.05) is 13.3 Å². The number of carboxylic acid groups (broad SMARTS) is 1. The van der Waals surface area contributed by atoms with E-state index in [0.717, 1.165) is 44.1 Å². The average Bonchev–Trinajstić information content (AvgIpc) is 2.77. The highest BCUT2D eigenvalue weighted by Crippen LogP contribution is 2.21. The smallest absolute Gasteiger partial charge is 0.303 e. The molecule has 0 heterocycles. The molecule has 0 saturated carbocycles. The predicted octanol–water partition coefficient (Wildman–Crippen LogP) is 7.07. The Bertz CT molecular complexity index is 601. The molecule has 0 saturated heterocycles. The number of carbonyl (C=O) groups is 2. The molecule has 32 heavy (non-hydrogen) atoms. The van der Waals surface area contributed by atoms with Gasteiger partial charge in [-0.1, -0.05) is 95.0 Å². The fraction of sp³-hybridized carbons (Fsp3) is 0.704. The highest BCUT2D eigenvalue weighted by Gasteiger charge is 2.24. The third-order valence-electron chi connectivity index (χ3n) is 5.76. The predicted molar refractivity (Wildman–Crippen MR) is 129 cm³/mol. The van der Waals surface area contributed by atoms with Crippen molar-refractivity contribution in [3.05, 3.63) is 35.9 Å². The van der Waals surface area contributed by atoms with E-state index < -0.39 is 5.97 Å².